The molecule has 3 nitrogen and oxygen atoms in total. The Morgan fingerprint density at radius 1 is 1.50 bits per heavy atom. The van der Waals surface area contributed by atoms with E-state index in [9.17, 15) is 0 Å². The van der Waals surface area contributed by atoms with E-state index in [1.165, 1.54) is 0 Å². The van der Waals surface area contributed by atoms with Crippen LogP contribution in [0.15, 0.2) is 12.5 Å². The van der Waals surface area contributed by atoms with Gasteiger partial charge in [-0.3, -0.25) is 0 Å². The number of nitrogens with zero attached hydrogens (tertiary/aromatic N) is 2. The number of nitrogens with two attached hydrogens (primary N) is 1. The second-order valence-electron chi connectivity index (χ2n) is 3.50. The Bertz CT molecular complexity index is 240. The third-order valence-corrected chi connectivity index (χ3v) is 2.30. The van der Waals surface area contributed by atoms with E-state index >= 15 is 0 Å². The van der Waals surface area contributed by atoms with Crippen molar-refractivity contribution in [1.82, 2.24) is 9.55 Å². The van der Waals surface area contributed by atoms with E-state index in [0.29, 0.717) is 18.5 Å². The van der Waals surface area contributed by atoms with Crippen molar-refractivity contribution >= 4 is 0 Å². The Morgan fingerprint density at radius 3 is 2.58 bits per heavy atom. The van der Waals surface area contributed by atoms with E-state index in [2.05, 4.69) is 30.3 Å². The van der Waals surface area contributed by atoms with Crippen molar-refractivity contribution in [3.05, 3.63) is 18.2 Å². The summed E-state index contributed by atoms with van der Waals surface area (Å²) in [6, 6.07) is 0.498. The molecule has 0 aliphatic carbocycles. The van der Waals surface area contributed by atoms with E-state index in [-0.39, 0.29) is 0 Å². The Hall–Kier alpha value is -0.830. The zero-order valence-electron chi connectivity index (χ0n) is 7.99. The Kier molecular flexibility index (Phi) is 2.87. The predicted molar refractivity (Wildman–Crippen MR) is 49.7 cm³/mol. The molecule has 1 heterocycles. The Balaban J connectivity index is 2.74. The standard InChI is InChI=1S/C9H17N3/c1-7(2)8(3)12-5-9(4-10)11-6-12/h5-8H,4,10H2,1-3H3. The minimum absolute atomic E-state index is 0.498. The highest BCUT2D eigenvalue weighted by molar-refractivity contribution is 4.96. The van der Waals surface area contributed by atoms with Gasteiger partial charge in [0.05, 0.1) is 12.0 Å². The van der Waals surface area contributed by atoms with Crippen molar-refractivity contribution in [2.75, 3.05) is 0 Å². The van der Waals surface area contributed by atoms with Crippen LogP contribution in [0.4, 0.5) is 0 Å². The molecule has 0 aliphatic heterocycles. The number of aromatic nitrogens is 2. The molecule has 0 saturated heterocycles. The van der Waals surface area contributed by atoms with Crippen LogP contribution in [-0.4, -0.2) is 9.55 Å². The average molecular weight is 167 g/mol. The van der Waals surface area contributed by atoms with Crippen LogP contribution in [0.5, 0.6) is 0 Å². The summed E-state index contributed by atoms with van der Waals surface area (Å²) in [5.41, 5.74) is 6.42. The number of imidazole rings is 1. The van der Waals surface area contributed by atoms with Gasteiger partial charge in [-0.25, -0.2) is 4.98 Å². The molecule has 1 aromatic heterocycles. The summed E-state index contributed by atoms with van der Waals surface area (Å²) in [6.07, 6.45) is 3.87. The van der Waals surface area contributed by atoms with E-state index in [0.717, 1.165) is 5.69 Å². The summed E-state index contributed by atoms with van der Waals surface area (Å²) < 4.78 is 2.12. The SMILES string of the molecule is CC(C)C(C)n1cnc(CN)c1. The van der Waals surface area contributed by atoms with Gasteiger partial charge in [-0.1, -0.05) is 13.8 Å². The zero-order chi connectivity index (χ0) is 9.14. The van der Waals surface area contributed by atoms with Crippen LogP contribution < -0.4 is 5.73 Å². The summed E-state index contributed by atoms with van der Waals surface area (Å²) in [5.74, 6) is 0.629. The van der Waals surface area contributed by atoms with Crippen molar-refractivity contribution in [2.24, 2.45) is 11.7 Å². The quantitative estimate of drug-likeness (QED) is 0.742. The van der Waals surface area contributed by atoms with Gasteiger partial charge in [0.15, 0.2) is 0 Å². The van der Waals surface area contributed by atoms with Crippen LogP contribution in [0.1, 0.15) is 32.5 Å². The highest BCUT2D eigenvalue weighted by Crippen LogP contribution is 2.16. The molecule has 0 radical (unpaired) electrons. The highest BCUT2D eigenvalue weighted by atomic mass is 15.1. The lowest BCUT2D eigenvalue weighted by Gasteiger charge is -2.16. The van der Waals surface area contributed by atoms with Crippen LogP contribution in [0.3, 0.4) is 0 Å². The van der Waals surface area contributed by atoms with Gasteiger partial charge in [0, 0.05) is 18.8 Å². The van der Waals surface area contributed by atoms with Gasteiger partial charge in [0.1, 0.15) is 0 Å². The van der Waals surface area contributed by atoms with Crippen LogP contribution >= 0.6 is 0 Å². The molecule has 1 aromatic rings. The lowest BCUT2D eigenvalue weighted by Crippen LogP contribution is -2.09. The molecule has 0 amide bonds. The zero-order valence-corrected chi connectivity index (χ0v) is 7.99. The summed E-state index contributed by atoms with van der Waals surface area (Å²) in [6.45, 7) is 7.12. The first kappa shape index (κ1) is 9.26. The largest absolute Gasteiger partial charge is 0.334 e. The molecule has 0 saturated carbocycles. The first-order valence-corrected chi connectivity index (χ1v) is 4.37. The maximum atomic E-state index is 5.46. The van der Waals surface area contributed by atoms with Crippen molar-refractivity contribution < 1.29 is 0 Å². The monoisotopic (exact) mass is 167 g/mol. The van der Waals surface area contributed by atoms with Gasteiger partial charge in [-0.05, 0) is 12.8 Å². The van der Waals surface area contributed by atoms with Crippen LogP contribution in [0.25, 0.3) is 0 Å². The topological polar surface area (TPSA) is 43.8 Å². The maximum absolute atomic E-state index is 5.46. The average Bonchev–Trinajstić information content (AvgIpc) is 2.50. The molecule has 0 bridgehead atoms. The van der Waals surface area contributed by atoms with Crippen molar-refractivity contribution in [3.63, 3.8) is 0 Å². The third kappa shape index (κ3) is 1.85. The maximum Gasteiger partial charge on any atom is 0.0952 e. The molecule has 1 atom stereocenters. The molecule has 0 spiro atoms. The Labute approximate surface area is 73.6 Å². The molecule has 3 heteroatoms. The van der Waals surface area contributed by atoms with E-state index in [1.807, 2.05) is 12.5 Å². The number of hydrogen-bond acceptors (Lipinski definition) is 2. The normalized spacial score (nSPS) is 13.8. The molecule has 68 valence electrons. The first-order chi connectivity index (χ1) is 5.65. The van der Waals surface area contributed by atoms with Gasteiger partial charge in [0.25, 0.3) is 0 Å². The molecule has 0 aromatic carbocycles. The fourth-order valence-electron chi connectivity index (χ4n) is 1.05. The number of rotatable bonds is 3. The lowest BCUT2D eigenvalue weighted by molar-refractivity contribution is 0.407. The predicted octanol–water partition coefficient (Wildman–Crippen LogP) is 1.56. The third-order valence-electron chi connectivity index (χ3n) is 2.30. The lowest BCUT2D eigenvalue weighted by atomic mass is 10.1. The van der Waals surface area contributed by atoms with Gasteiger partial charge in [-0.2, -0.15) is 0 Å². The molecular formula is C9H17N3. The summed E-state index contributed by atoms with van der Waals surface area (Å²) in [7, 11) is 0. The molecule has 1 rings (SSSR count). The van der Waals surface area contributed by atoms with Gasteiger partial charge >= 0.3 is 0 Å². The molecule has 2 N–H and O–H groups in total. The second-order valence-corrected chi connectivity index (χ2v) is 3.50. The van der Waals surface area contributed by atoms with Crippen LogP contribution in [-0.2, 0) is 6.54 Å². The van der Waals surface area contributed by atoms with Crippen molar-refractivity contribution in [1.29, 1.82) is 0 Å². The van der Waals surface area contributed by atoms with E-state index in [1.54, 1.807) is 0 Å². The first-order valence-electron chi connectivity index (χ1n) is 4.37. The molecule has 1 unspecified atom stereocenters. The summed E-state index contributed by atoms with van der Waals surface area (Å²) >= 11 is 0. The van der Waals surface area contributed by atoms with Crippen LogP contribution in [0.2, 0.25) is 0 Å². The fraction of sp³-hybridized carbons (Fsp3) is 0.667. The van der Waals surface area contributed by atoms with E-state index in [4.69, 9.17) is 5.73 Å². The molecule has 12 heavy (non-hydrogen) atoms. The van der Waals surface area contributed by atoms with E-state index < -0.39 is 0 Å². The minimum Gasteiger partial charge on any atom is -0.334 e. The smallest absolute Gasteiger partial charge is 0.0952 e. The van der Waals surface area contributed by atoms with Gasteiger partial charge in [-0.15, -0.1) is 0 Å². The van der Waals surface area contributed by atoms with Gasteiger partial charge < -0.3 is 10.3 Å². The second kappa shape index (κ2) is 3.72. The summed E-state index contributed by atoms with van der Waals surface area (Å²) in [5, 5.41) is 0. The highest BCUT2D eigenvalue weighted by Gasteiger charge is 2.08. The van der Waals surface area contributed by atoms with Crippen LogP contribution in [0, 0.1) is 5.92 Å². The Morgan fingerprint density at radius 2 is 2.17 bits per heavy atom. The molecular weight excluding hydrogens is 150 g/mol. The molecule has 0 fully saturated rings. The molecule has 0 aliphatic rings. The van der Waals surface area contributed by atoms with Gasteiger partial charge in [0.2, 0.25) is 0 Å². The minimum atomic E-state index is 0.498. The van der Waals surface area contributed by atoms with Crippen molar-refractivity contribution in [2.45, 2.75) is 33.4 Å². The fourth-order valence-corrected chi connectivity index (χ4v) is 1.05. The van der Waals surface area contributed by atoms with Crippen molar-refractivity contribution in [3.8, 4) is 0 Å². The number of hydrogen-bond donors (Lipinski definition) is 1. The summed E-state index contributed by atoms with van der Waals surface area (Å²) in [4.78, 5) is 4.18.